The van der Waals surface area contributed by atoms with E-state index >= 15 is 0 Å². The number of carbonyl (C=O) groups is 1. The van der Waals surface area contributed by atoms with Crippen LogP contribution in [0.5, 0.6) is 0 Å². The lowest BCUT2D eigenvalue weighted by atomic mass is 9.99. The lowest BCUT2D eigenvalue weighted by Gasteiger charge is -2.19. The second kappa shape index (κ2) is 8.82. The molecule has 1 amide bonds. The molecule has 0 atom stereocenters. The molecule has 144 valence electrons. The zero-order valence-electron chi connectivity index (χ0n) is 15.5. The van der Waals surface area contributed by atoms with E-state index in [4.69, 9.17) is 0 Å². The minimum atomic E-state index is -3.26. The zero-order valence-corrected chi connectivity index (χ0v) is 16.3. The van der Waals surface area contributed by atoms with E-state index in [9.17, 15) is 13.2 Å². The van der Waals surface area contributed by atoms with Crippen molar-refractivity contribution in [2.45, 2.75) is 10.9 Å². The molecular formula is C22H22N2O3S. The highest BCUT2D eigenvalue weighted by Crippen LogP contribution is 2.21. The highest BCUT2D eigenvalue weighted by atomic mass is 32.2. The topological polar surface area (TPSA) is 75.3 Å². The number of sulfone groups is 1. The second-order valence-electron chi connectivity index (χ2n) is 6.48. The Morgan fingerprint density at radius 3 is 1.79 bits per heavy atom. The fourth-order valence-electron chi connectivity index (χ4n) is 2.90. The van der Waals surface area contributed by atoms with Crippen molar-refractivity contribution in [3.63, 3.8) is 0 Å². The van der Waals surface area contributed by atoms with E-state index in [1.165, 1.54) is 12.1 Å². The molecule has 2 N–H and O–H groups in total. The maximum atomic E-state index is 12.4. The van der Waals surface area contributed by atoms with Gasteiger partial charge in [-0.25, -0.2) is 8.42 Å². The molecule has 6 heteroatoms. The Kier molecular flexibility index (Phi) is 6.23. The third-order valence-corrected chi connectivity index (χ3v) is 5.43. The fraction of sp³-hybridized carbons (Fsp3) is 0.136. The molecule has 0 radical (unpaired) electrons. The monoisotopic (exact) mass is 394 g/mol. The van der Waals surface area contributed by atoms with Crippen molar-refractivity contribution < 1.29 is 13.2 Å². The number of benzene rings is 3. The molecule has 0 heterocycles. The van der Waals surface area contributed by atoms with Crippen molar-refractivity contribution in [3.8, 4) is 0 Å². The first-order valence-electron chi connectivity index (χ1n) is 8.87. The smallest absolute Gasteiger partial charge is 0.238 e. The summed E-state index contributed by atoms with van der Waals surface area (Å²) in [5.74, 6) is -0.205. The number of carbonyl (C=O) groups excluding carboxylic acids is 1. The van der Waals surface area contributed by atoms with Gasteiger partial charge in [-0.2, -0.15) is 0 Å². The molecule has 0 saturated carbocycles. The van der Waals surface area contributed by atoms with Gasteiger partial charge in [-0.15, -0.1) is 0 Å². The summed E-state index contributed by atoms with van der Waals surface area (Å²) in [5, 5.41) is 6.08. The third kappa shape index (κ3) is 5.28. The van der Waals surface area contributed by atoms with E-state index < -0.39 is 9.84 Å². The third-order valence-electron chi connectivity index (χ3n) is 4.30. The lowest BCUT2D eigenvalue weighted by Crippen LogP contribution is -2.31. The minimum absolute atomic E-state index is 0.110. The van der Waals surface area contributed by atoms with Crippen LogP contribution in [0.15, 0.2) is 89.8 Å². The zero-order chi connectivity index (χ0) is 20.0. The molecule has 3 aromatic rings. The number of anilines is 1. The highest BCUT2D eigenvalue weighted by Gasteiger charge is 2.15. The first-order valence-corrected chi connectivity index (χ1v) is 10.8. The van der Waals surface area contributed by atoms with Crippen LogP contribution in [0.25, 0.3) is 0 Å². The van der Waals surface area contributed by atoms with E-state index in [0.29, 0.717) is 5.69 Å². The first kappa shape index (κ1) is 19.8. The summed E-state index contributed by atoms with van der Waals surface area (Å²) >= 11 is 0. The van der Waals surface area contributed by atoms with Crippen molar-refractivity contribution in [1.82, 2.24) is 5.32 Å². The van der Waals surface area contributed by atoms with Gasteiger partial charge in [0.1, 0.15) is 0 Å². The van der Waals surface area contributed by atoms with Gasteiger partial charge in [-0.05, 0) is 35.4 Å². The Morgan fingerprint density at radius 2 is 1.32 bits per heavy atom. The standard InChI is InChI=1S/C22H22N2O3S/c1-28(26,27)20-14-12-19(13-15-20)24-21(25)16-23-22(17-8-4-2-5-9-17)18-10-6-3-7-11-18/h2-15,22-23H,16H2,1H3,(H,24,25). The quantitative estimate of drug-likeness (QED) is 0.644. The van der Waals surface area contributed by atoms with Gasteiger partial charge in [-0.1, -0.05) is 60.7 Å². The number of rotatable bonds is 7. The first-order chi connectivity index (χ1) is 13.4. The van der Waals surface area contributed by atoms with Gasteiger partial charge in [0, 0.05) is 11.9 Å². The van der Waals surface area contributed by atoms with Crippen LogP contribution in [0, 0.1) is 0 Å². The summed E-state index contributed by atoms with van der Waals surface area (Å²) < 4.78 is 23.0. The van der Waals surface area contributed by atoms with Crippen LogP contribution in [0.3, 0.4) is 0 Å². The molecule has 0 aliphatic rings. The molecule has 0 aromatic heterocycles. The van der Waals surface area contributed by atoms with Crippen molar-refractivity contribution in [3.05, 3.63) is 96.1 Å². The van der Waals surface area contributed by atoms with Crippen LogP contribution in [-0.4, -0.2) is 27.1 Å². The van der Waals surface area contributed by atoms with Crippen molar-refractivity contribution in [2.75, 3.05) is 18.1 Å². The maximum absolute atomic E-state index is 12.4. The SMILES string of the molecule is CS(=O)(=O)c1ccc(NC(=O)CNC(c2ccccc2)c2ccccc2)cc1. The summed E-state index contributed by atoms with van der Waals surface area (Å²) in [4.78, 5) is 12.6. The number of hydrogen-bond donors (Lipinski definition) is 2. The molecule has 3 rings (SSSR count). The lowest BCUT2D eigenvalue weighted by molar-refractivity contribution is -0.115. The Balaban J connectivity index is 1.67. The summed E-state index contributed by atoms with van der Waals surface area (Å²) in [6, 6.07) is 25.9. The van der Waals surface area contributed by atoms with Crippen LogP contribution < -0.4 is 10.6 Å². The van der Waals surface area contributed by atoms with Crippen LogP contribution in [0.2, 0.25) is 0 Å². The molecule has 0 bridgehead atoms. The fourth-order valence-corrected chi connectivity index (χ4v) is 3.54. The van der Waals surface area contributed by atoms with Crippen molar-refractivity contribution >= 4 is 21.4 Å². The molecule has 0 spiro atoms. The largest absolute Gasteiger partial charge is 0.325 e. The molecule has 5 nitrogen and oxygen atoms in total. The van der Waals surface area contributed by atoms with Crippen LogP contribution in [0.1, 0.15) is 17.2 Å². The highest BCUT2D eigenvalue weighted by molar-refractivity contribution is 7.90. The number of hydrogen-bond acceptors (Lipinski definition) is 4. The summed E-state index contributed by atoms with van der Waals surface area (Å²) in [6.07, 6.45) is 1.15. The van der Waals surface area contributed by atoms with Crippen LogP contribution in [0.4, 0.5) is 5.69 Å². The van der Waals surface area contributed by atoms with Gasteiger partial charge in [0.15, 0.2) is 9.84 Å². The Morgan fingerprint density at radius 1 is 0.821 bits per heavy atom. The second-order valence-corrected chi connectivity index (χ2v) is 8.50. The molecule has 28 heavy (non-hydrogen) atoms. The summed E-state index contributed by atoms with van der Waals surface area (Å²) in [6.45, 7) is 0.113. The molecule has 0 aliphatic carbocycles. The van der Waals surface area contributed by atoms with E-state index in [1.807, 2.05) is 60.7 Å². The van der Waals surface area contributed by atoms with Gasteiger partial charge in [0.2, 0.25) is 5.91 Å². The maximum Gasteiger partial charge on any atom is 0.238 e. The predicted molar refractivity (Wildman–Crippen MR) is 111 cm³/mol. The molecule has 3 aromatic carbocycles. The Bertz CT molecular complexity index is 979. The molecular weight excluding hydrogens is 372 g/mol. The van der Waals surface area contributed by atoms with Gasteiger partial charge in [-0.3, -0.25) is 10.1 Å². The van der Waals surface area contributed by atoms with E-state index in [0.717, 1.165) is 17.4 Å². The molecule has 0 fully saturated rings. The molecule has 0 saturated heterocycles. The van der Waals surface area contributed by atoms with Crippen molar-refractivity contribution in [1.29, 1.82) is 0 Å². The van der Waals surface area contributed by atoms with E-state index in [2.05, 4.69) is 10.6 Å². The molecule has 0 unspecified atom stereocenters. The van der Waals surface area contributed by atoms with Crippen LogP contribution in [-0.2, 0) is 14.6 Å². The summed E-state index contributed by atoms with van der Waals surface area (Å²) in [7, 11) is -3.26. The average Bonchev–Trinajstić information content (AvgIpc) is 2.69. The van der Waals surface area contributed by atoms with Gasteiger partial charge < -0.3 is 5.32 Å². The van der Waals surface area contributed by atoms with E-state index in [1.54, 1.807) is 12.1 Å². The summed E-state index contributed by atoms with van der Waals surface area (Å²) in [5.41, 5.74) is 2.69. The number of amides is 1. The minimum Gasteiger partial charge on any atom is -0.325 e. The normalized spacial score (nSPS) is 11.4. The van der Waals surface area contributed by atoms with Gasteiger partial charge in [0.05, 0.1) is 17.5 Å². The average molecular weight is 394 g/mol. The predicted octanol–water partition coefficient (Wildman–Crippen LogP) is 3.41. The Hall–Kier alpha value is -2.96. The van der Waals surface area contributed by atoms with Crippen molar-refractivity contribution in [2.24, 2.45) is 0 Å². The van der Waals surface area contributed by atoms with Crippen LogP contribution >= 0.6 is 0 Å². The van der Waals surface area contributed by atoms with Gasteiger partial charge in [0.25, 0.3) is 0 Å². The Labute approximate surface area is 165 Å². The number of nitrogens with one attached hydrogen (secondary N) is 2. The van der Waals surface area contributed by atoms with Gasteiger partial charge >= 0.3 is 0 Å². The molecule has 0 aliphatic heterocycles. The van der Waals surface area contributed by atoms with E-state index in [-0.39, 0.29) is 23.4 Å².